The largest absolute Gasteiger partial charge is 0.352 e. The molecule has 1 aliphatic rings. The molecule has 3 aromatic rings. The second kappa shape index (κ2) is 9.77. The molecule has 4 rings (SSSR count). The number of hydrogen-bond donors (Lipinski definition) is 1. The molecule has 2 aromatic carbocycles. The lowest BCUT2D eigenvalue weighted by Crippen LogP contribution is -2.39. The average molecular weight is 435 g/mol. The van der Waals surface area contributed by atoms with Crippen LogP contribution >= 0.6 is 0 Å². The summed E-state index contributed by atoms with van der Waals surface area (Å²) in [4.78, 5) is 27.2. The van der Waals surface area contributed by atoms with Crippen LogP contribution in [0.5, 0.6) is 0 Å². The van der Waals surface area contributed by atoms with E-state index in [-0.39, 0.29) is 23.5 Å². The van der Waals surface area contributed by atoms with E-state index in [0.717, 1.165) is 24.1 Å². The van der Waals surface area contributed by atoms with E-state index in [4.69, 9.17) is 0 Å². The lowest BCUT2D eigenvalue weighted by molar-refractivity contribution is -0.122. The van der Waals surface area contributed by atoms with Crippen LogP contribution in [-0.2, 0) is 11.3 Å². The Morgan fingerprint density at radius 1 is 1.06 bits per heavy atom. The third-order valence-corrected chi connectivity index (χ3v) is 5.93. The highest BCUT2D eigenvalue weighted by Gasteiger charge is 2.27. The van der Waals surface area contributed by atoms with Crippen LogP contribution in [0.25, 0.3) is 5.69 Å². The summed E-state index contributed by atoms with van der Waals surface area (Å²) in [6.07, 6.45) is 3.82. The molecule has 0 bridgehead atoms. The number of carbonyl (C=O) groups excluding carboxylic acids is 2. The van der Waals surface area contributed by atoms with Crippen molar-refractivity contribution in [3.8, 4) is 5.69 Å². The summed E-state index contributed by atoms with van der Waals surface area (Å²) in [5.41, 5.74) is 3.11. The van der Waals surface area contributed by atoms with Gasteiger partial charge in [-0.05, 0) is 55.5 Å². The van der Waals surface area contributed by atoms with Crippen molar-refractivity contribution >= 4 is 11.8 Å². The van der Waals surface area contributed by atoms with E-state index in [0.29, 0.717) is 37.3 Å². The van der Waals surface area contributed by atoms with Gasteiger partial charge < -0.3 is 10.2 Å². The summed E-state index contributed by atoms with van der Waals surface area (Å²) >= 11 is 0. The van der Waals surface area contributed by atoms with Gasteiger partial charge in [-0.1, -0.05) is 30.3 Å². The van der Waals surface area contributed by atoms with Gasteiger partial charge in [-0.3, -0.25) is 9.59 Å². The molecule has 0 radical (unpaired) electrons. The molecule has 0 atom stereocenters. The van der Waals surface area contributed by atoms with Gasteiger partial charge in [-0.2, -0.15) is 5.10 Å². The zero-order valence-electron chi connectivity index (χ0n) is 18.1. The molecule has 32 heavy (non-hydrogen) atoms. The minimum Gasteiger partial charge on any atom is -0.352 e. The van der Waals surface area contributed by atoms with Crippen LogP contribution in [0.3, 0.4) is 0 Å². The topological polar surface area (TPSA) is 67.2 Å². The van der Waals surface area contributed by atoms with E-state index in [1.54, 1.807) is 23.0 Å². The number of aromatic nitrogens is 2. The number of aryl methyl sites for hydroxylation is 1. The Bertz CT molecular complexity index is 1070. The quantitative estimate of drug-likeness (QED) is 0.640. The Hall–Kier alpha value is -3.48. The molecule has 6 nitrogen and oxygen atoms in total. The maximum Gasteiger partial charge on any atom is 0.257 e. The van der Waals surface area contributed by atoms with Gasteiger partial charge in [-0.25, -0.2) is 9.07 Å². The zero-order valence-corrected chi connectivity index (χ0v) is 18.1. The first-order valence-corrected chi connectivity index (χ1v) is 10.9. The number of rotatable bonds is 6. The SMILES string of the molecule is Cc1nn(-c2ccccc2)cc1C(=O)N1CCC(CC(=O)NCc2ccc(F)cc2)CC1. The van der Waals surface area contributed by atoms with E-state index in [1.165, 1.54) is 12.1 Å². The second-order valence-corrected chi connectivity index (χ2v) is 8.25. The summed E-state index contributed by atoms with van der Waals surface area (Å²) in [6, 6.07) is 15.8. The van der Waals surface area contributed by atoms with Crippen molar-refractivity contribution in [2.75, 3.05) is 13.1 Å². The molecule has 1 fully saturated rings. The molecule has 166 valence electrons. The number of nitrogens with zero attached hydrogens (tertiary/aromatic N) is 3. The Morgan fingerprint density at radius 2 is 1.75 bits per heavy atom. The Balaban J connectivity index is 1.27. The van der Waals surface area contributed by atoms with Crippen LogP contribution in [-0.4, -0.2) is 39.6 Å². The van der Waals surface area contributed by atoms with Crippen molar-refractivity contribution < 1.29 is 14.0 Å². The molecule has 0 aliphatic carbocycles. The van der Waals surface area contributed by atoms with Crippen molar-refractivity contribution in [1.82, 2.24) is 20.0 Å². The number of halogens is 1. The van der Waals surface area contributed by atoms with E-state index in [1.807, 2.05) is 42.2 Å². The van der Waals surface area contributed by atoms with Gasteiger partial charge in [-0.15, -0.1) is 0 Å². The molecule has 1 saturated heterocycles. The molecule has 2 heterocycles. The number of piperidine rings is 1. The molecular formula is C25H27FN4O2. The normalized spacial score (nSPS) is 14.4. The van der Waals surface area contributed by atoms with Gasteiger partial charge in [0, 0.05) is 32.3 Å². The maximum atomic E-state index is 13.0. The molecule has 0 unspecified atom stereocenters. The first-order valence-electron chi connectivity index (χ1n) is 10.9. The van der Waals surface area contributed by atoms with Crippen LogP contribution < -0.4 is 5.32 Å². The molecule has 1 N–H and O–H groups in total. The summed E-state index contributed by atoms with van der Waals surface area (Å²) in [7, 11) is 0. The molecule has 7 heteroatoms. The molecule has 1 aromatic heterocycles. The minimum atomic E-state index is -0.288. The Morgan fingerprint density at radius 3 is 2.44 bits per heavy atom. The van der Waals surface area contributed by atoms with Gasteiger partial charge in [0.25, 0.3) is 5.91 Å². The van der Waals surface area contributed by atoms with E-state index < -0.39 is 0 Å². The first kappa shape index (κ1) is 21.7. The van der Waals surface area contributed by atoms with Gasteiger partial charge in [0.05, 0.1) is 16.9 Å². The summed E-state index contributed by atoms with van der Waals surface area (Å²) in [5.74, 6) is -0.0626. The number of amides is 2. The minimum absolute atomic E-state index is 0.0103. The average Bonchev–Trinajstić information content (AvgIpc) is 3.21. The predicted molar refractivity (Wildman–Crippen MR) is 120 cm³/mol. The van der Waals surface area contributed by atoms with E-state index in [2.05, 4.69) is 10.4 Å². The maximum absolute atomic E-state index is 13.0. The number of likely N-dealkylation sites (tertiary alicyclic amines) is 1. The van der Waals surface area contributed by atoms with Crippen LogP contribution in [0.1, 0.15) is 40.9 Å². The summed E-state index contributed by atoms with van der Waals surface area (Å²) in [5, 5.41) is 7.40. The van der Waals surface area contributed by atoms with Crippen molar-refractivity contribution in [2.24, 2.45) is 5.92 Å². The van der Waals surface area contributed by atoms with Crippen molar-refractivity contribution in [2.45, 2.75) is 32.7 Å². The number of para-hydroxylation sites is 1. The third kappa shape index (κ3) is 5.22. The number of benzene rings is 2. The fraction of sp³-hybridized carbons (Fsp3) is 0.320. The highest BCUT2D eigenvalue weighted by molar-refractivity contribution is 5.95. The standard InChI is InChI=1S/C25H27FN4O2/c1-18-23(17-30(28-18)22-5-3-2-4-6-22)25(32)29-13-11-19(12-14-29)15-24(31)27-16-20-7-9-21(26)10-8-20/h2-10,17,19H,11-16H2,1H3,(H,27,31). The van der Waals surface area contributed by atoms with Crippen LogP contribution in [0.2, 0.25) is 0 Å². The predicted octanol–water partition coefficient (Wildman–Crippen LogP) is 3.88. The lowest BCUT2D eigenvalue weighted by Gasteiger charge is -2.31. The monoisotopic (exact) mass is 434 g/mol. The summed E-state index contributed by atoms with van der Waals surface area (Å²) in [6.45, 7) is 3.50. The van der Waals surface area contributed by atoms with Crippen molar-refractivity contribution in [1.29, 1.82) is 0 Å². The van der Waals surface area contributed by atoms with E-state index in [9.17, 15) is 14.0 Å². The Labute approximate surface area is 187 Å². The third-order valence-electron chi connectivity index (χ3n) is 5.93. The van der Waals surface area contributed by atoms with Crippen molar-refractivity contribution in [3.05, 3.63) is 83.4 Å². The number of carbonyl (C=O) groups is 2. The van der Waals surface area contributed by atoms with Gasteiger partial charge in [0.2, 0.25) is 5.91 Å². The highest BCUT2D eigenvalue weighted by atomic mass is 19.1. The molecule has 0 saturated carbocycles. The molecule has 0 spiro atoms. The molecule has 2 amide bonds. The van der Waals surface area contributed by atoms with Gasteiger partial charge in [0.15, 0.2) is 0 Å². The smallest absolute Gasteiger partial charge is 0.257 e. The number of hydrogen-bond acceptors (Lipinski definition) is 3. The molecule has 1 aliphatic heterocycles. The fourth-order valence-corrected chi connectivity index (χ4v) is 4.03. The van der Waals surface area contributed by atoms with Crippen LogP contribution in [0.15, 0.2) is 60.8 Å². The summed E-state index contributed by atoms with van der Waals surface area (Å²) < 4.78 is 14.7. The van der Waals surface area contributed by atoms with Crippen LogP contribution in [0.4, 0.5) is 4.39 Å². The van der Waals surface area contributed by atoms with Crippen molar-refractivity contribution in [3.63, 3.8) is 0 Å². The zero-order chi connectivity index (χ0) is 22.5. The highest BCUT2D eigenvalue weighted by Crippen LogP contribution is 2.23. The van der Waals surface area contributed by atoms with Crippen LogP contribution in [0, 0.1) is 18.7 Å². The molecular weight excluding hydrogens is 407 g/mol. The van der Waals surface area contributed by atoms with Gasteiger partial charge in [0.1, 0.15) is 5.82 Å². The fourth-order valence-electron chi connectivity index (χ4n) is 4.03. The second-order valence-electron chi connectivity index (χ2n) is 8.25. The number of nitrogens with one attached hydrogen (secondary N) is 1. The lowest BCUT2D eigenvalue weighted by atomic mass is 9.93. The first-order chi connectivity index (χ1) is 15.5. The van der Waals surface area contributed by atoms with Gasteiger partial charge >= 0.3 is 0 Å². The Kier molecular flexibility index (Phi) is 6.63. The van der Waals surface area contributed by atoms with E-state index >= 15 is 0 Å².